The third-order valence-electron chi connectivity index (χ3n) is 3.37. The van der Waals surface area contributed by atoms with Gasteiger partial charge < -0.3 is 15.8 Å². The zero-order valence-corrected chi connectivity index (χ0v) is 10.7. The highest BCUT2D eigenvalue weighted by atomic mass is 16.5. The number of carbonyl (C=O) groups excluding carboxylic acids is 1. The highest BCUT2D eigenvalue weighted by molar-refractivity contribution is 5.95. The van der Waals surface area contributed by atoms with Crippen molar-refractivity contribution in [1.82, 2.24) is 5.32 Å². The summed E-state index contributed by atoms with van der Waals surface area (Å²) in [7, 11) is 1.57. The molecule has 0 spiro atoms. The van der Waals surface area contributed by atoms with E-state index in [4.69, 9.17) is 10.5 Å². The van der Waals surface area contributed by atoms with E-state index in [9.17, 15) is 4.79 Å². The first-order valence-electron chi connectivity index (χ1n) is 6.44. The molecule has 0 saturated heterocycles. The van der Waals surface area contributed by atoms with Crippen molar-refractivity contribution in [1.29, 1.82) is 0 Å². The molecule has 0 heterocycles. The Morgan fingerprint density at radius 1 is 1.28 bits per heavy atom. The summed E-state index contributed by atoms with van der Waals surface area (Å²) < 4.78 is 5.12. The number of hydrogen-bond acceptors (Lipinski definition) is 3. The van der Waals surface area contributed by atoms with Gasteiger partial charge >= 0.3 is 0 Å². The highest BCUT2D eigenvalue weighted by Gasteiger charge is 2.17. The number of nitrogens with one attached hydrogen (secondary N) is 1. The van der Waals surface area contributed by atoms with Gasteiger partial charge in [0.05, 0.1) is 7.11 Å². The maximum absolute atomic E-state index is 12.1. The summed E-state index contributed by atoms with van der Waals surface area (Å²) in [5, 5.41) is 3.06. The van der Waals surface area contributed by atoms with Crippen molar-refractivity contribution in [2.45, 2.75) is 38.1 Å². The fourth-order valence-electron chi connectivity index (χ4n) is 2.39. The Balaban J connectivity index is 2.05. The fourth-order valence-corrected chi connectivity index (χ4v) is 2.39. The van der Waals surface area contributed by atoms with Crippen molar-refractivity contribution in [2.75, 3.05) is 12.8 Å². The molecule has 0 atom stereocenters. The molecular weight excluding hydrogens is 228 g/mol. The SMILES string of the molecule is COc1cc(N)cc(C(=O)NC2CCCCC2)c1. The van der Waals surface area contributed by atoms with Crippen molar-refractivity contribution >= 4 is 11.6 Å². The van der Waals surface area contributed by atoms with E-state index < -0.39 is 0 Å². The second kappa shape index (κ2) is 5.76. The number of anilines is 1. The summed E-state index contributed by atoms with van der Waals surface area (Å²) in [4.78, 5) is 12.1. The van der Waals surface area contributed by atoms with Gasteiger partial charge in [-0.2, -0.15) is 0 Å². The van der Waals surface area contributed by atoms with Gasteiger partial charge in [0.15, 0.2) is 0 Å². The van der Waals surface area contributed by atoms with E-state index in [1.165, 1.54) is 19.3 Å². The largest absolute Gasteiger partial charge is 0.497 e. The van der Waals surface area contributed by atoms with Crippen molar-refractivity contribution in [3.63, 3.8) is 0 Å². The topological polar surface area (TPSA) is 64.3 Å². The number of ether oxygens (including phenoxy) is 1. The van der Waals surface area contributed by atoms with Gasteiger partial charge in [-0.05, 0) is 25.0 Å². The lowest BCUT2D eigenvalue weighted by molar-refractivity contribution is 0.0927. The molecule has 4 heteroatoms. The Hall–Kier alpha value is -1.71. The highest BCUT2D eigenvalue weighted by Crippen LogP contribution is 2.20. The first-order valence-corrected chi connectivity index (χ1v) is 6.44. The van der Waals surface area contributed by atoms with E-state index in [1.54, 1.807) is 25.3 Å². The third kappa shape index (κ3) is 3.15. The van der Waals surface area contributed by atoms with Gasteiger partial charge in [-0.3, -0.25) is 4.79 Å². The Kier molecular flexibility index (Phi) is 4.07. The van der Waals surface area contributed by atoms with Gasteiger partial charge in [0.2, 0.25) is 0 Å². The van der Waals surface area contributed by atoms with E-state index in [0.29, 0.717) is 23.0 Å². The van der Waals surface area contributed by atoms with E-state index in [1.807, 2.05) is 0 Å². The minimum atomic E-state index is -0.0625. The molecule has 18 heavy (non-hydrogen) atoms. The number of nitrogens with two attached hydrogens (primary N) is 1. The van der Waals surface area contributed by atoms with Crippen LogP contribution in [0.25, 0.3) is 0 Å². The Labute approximate surface area is 108 Å². The quantitative estimate of drug-likeness (QED) is 0.807. The molecule has 4 nitrogen and oxygen atoms in total. The van der Waals surface area contributed by atoms with Gasteiger partial charge in [-0.1, -0.05) is 19.3 Å². The van der Waals surface area contributed by atoms with Crippen molar-refractivity contribution in [2.24, 2.45) is 0 Å². The molecular formula is C14H20N2O2. The number of amides is 1. The lowest BCUT2D eigenvalue weighted by Crippen LogP contribution is -2.36. The van der Waals surface area contributed by atoms with Crippen molar-refractivity contribution in [3.05, 3.63) is 23.8 Å². The third-order valence-corrected chi connectivity index (χ3v) is 3.37. The van der Waals surface area contributed by atoms with Crippen LogP contribution in [-0.4, -0.2) is 19.1 Å². The number of carbonyl (C=O) groups is 1. The standard InChI is InChI=1S/C14H20N2O2/c1-18-13-8-10(7-11(15)9-13)14(17)16-12-5-3-2-4-6-12/h7-9,12H,2-6,15H2,1H3,(H,16,17). The van der Waals surface area contributed by atoms with E-state index in [2.05, 4.69) is 5.32 Å². The Bertz CT molecular complexity index is 426. The molecule has 0 radical (unpaired) electrons. The molecule has 98 valence electrons. The van der Waals surface area contributed by atoms with Crippen LogP contribution in [-0.2, 0) is 0 Å². The average molecular weight is 248 g/mol. The van der Waals surface area contributed by atoms with E-state index in [-0.39, 0.29) is 5.91 Å². The Morgan fingerprint density at radius 3 is 2.67 bits per heavy atom. The molecule has 1 fully saturated rings. The normalized spacial score (nSPS) is 16.3. The van der Waals surface area contributed by atoms with Crippen LogP contribution in [0.4, 0.5) is 5.69 Å². The summed E-state index contributed by atoms with van der Waals surface area (Å²) in [5.74, 6) is 0.552. The molecule has 1 aromatic carbocycles. The monoisotopic (exact) mass is 248 g/mol. The van der Waals surface area contributed by atoms with Crippen LogP contribution in [0.2, 0.25) is 0 Å². The molecule has 1 aliphatic carbocycles. The van der Waals surface area contributed by atoms with E-state index >= 15 is 0 Å². The molecule has 2 rings (SSSR count). The van der Waals surface area contributed by atoms with Crippen LogP contribution in [0.15, 0.2) is 18.2 Å². The summed E-state index contributed by atoms with van der Waals surface area (Å²) in [6.45, 7) is 0. The lowest BCUT2D eigenvalue weighted by atomic mass is 9.95. The average Bonchev–Trinajstić information content (AvgIpc) is 2.39. The van der Waals surface area contributed by atoms with Gasteiger partial charge in [0.25, 0.3) is 5.91 Å². The van der Waals surface area contributed by atoms with Gasteiger partial charge in [0.1, 0.15) is 5.75 Å². The zero-order chi connectivity index (χ0) is 13.0. The molecule has 3 N–H and O–H groups in total. The molecule has 0 bridgehead atoms. The summed E-state index contributed by atoms with van der Waals surface area (Å²) in [6.07, 6.45) is 5.82. The van der Waals surface area contributed by atoms with Crippen LogP contribution >= 0.6 is 0 Å². The first kappa shape index (κ1) is 12.7. The maximum atomic E-state index is 12.1. The van der Waals surface area contributed by atoms with E-state index in [0.717, 1.165) is 12.8 Å². The number of methoxy groups -OCH3 is 1. The molecule has 0 aliphatic heterocycles. The molecule has 1 amide bonds. The van der Waals surface area contributed by atoms with Crippen molar-refractivity contribution in [3.8, 4) is 5.75 Å². The molecule has 0 aromatic heterocycles. The van der Waals surface area contributed by atoms with Gasteiger partial charge in [-0.25, -0.2) is 0 Å². The number of benzene rings is 1. The summed E-state index contributed by atoms with van der Waals surface area (Å²) in [6, 6.07) is 5.41. The van der Waals surface area contributed by atoms with Crippen LogP contribution in [0.1, 0.15) is 42.5 Å². The summed E-state index contributed by atoms with van der Waals surface area (Å²) in [5.41, 5.74) is 6.86. The predicted octanol–water partition coefficient (Wildman–Crippen LogP) is 2.34. The van der Waals surface area contributed by atoms with Crippen LogP contribution in [0.3, 0.4) is 0 Å². The maximum Gasteiger partial charge on any atom is 0.251 e. The molecule has 1 aliphatic rings. The molecule has 0 unspecified atom stereocenters. The molecule has 1 saturated carbocycles. The van der Waals surface area contributed by atoms with Crippen molar-refractivity contribution < 1.29 is 9.53 Å². The smallest absolute Gasteiger partial charge is 0.251 e. The number of rotatable bonds is 3. The summed E-state index contributed by atoms with van der Waals surface area (Å²) >= 11 is 0. The predicted molar refractivity (Wildman–Crippen MR) is 71.7 cm³/mol. The Morgan fingerprint density at radius 2 is 2.00 bits per heavy atom. The fraction of sp³-hybridized carbons (Fsp3) is 0.500. The number of nitrogen functional groups attached to an aromatic ring is 1. The van der Waals surface area contributed by atoms with Gasteiger partial charge in [-0.15, -0.1) is 0 Å². The first-order chi connectivity index (χ1) is 8.69. The van der Waals surface area contributed by atoms with Crippen LogP contribution < -0.4 is 15.8 Å². The van der Waals surface area contributed by atoms with Crippen LogP contribution in [0, 0.1) is 0 Å². The second-order valence-electron chi connectivity index (χ2n) is 4.80. The minimum Gasteiger partial charge on any atom is -0.497 e. The number of hydrogen-bond donors (Lipinski definition) is 2. The van der Waals surface area contributed by atoms with Gasteiger partial charge in [0, 0.05) is 23.4 Å². The second-order valence-corrected chi connectivity index (χ2v) is 4.80. The minimum absolute atomic E-state index is 0.0625. The zero-order valence-electron chi connectivity index (χ0n) is 10.7. The molecule has 1 aromatic rings. The van der Waals surface area contributed by atoms with Crippen LogP contribution in [0.5, 0.6) is 5.75 Å². The lowest BCUT2D eigenvalue weighted by Gasteiger charge is -2.22.